The zero-order valence-electron chi connectivity index (χ0n) is 17.4. The first kappa shape index (κ1) is 20.9. The van der Waals surface area contributed by atoms with Gasteiger partial charge in [0.05, 0.1) is 13.7 Å². The third-order valence-corrected chi connectivity index (χ3v) is 6.14. The molecule has 0 radical (unpaired) electrons. The number of urea groups is 1. The third-order valence-electron chi connectivity index (χ3n) is 6.14. The molecular weight excluding hydrogens is 354 g/mol. The summed E-state index contributed by atoms with van der Waals surface area (Å²) in [7, 11) is 3.35. The maximum atomic E-state index is 12.9. The number of carbonyl (C=O) groups excluding carboxylic acids is 1. The second kappa shape index (κ2) is 10.7. The van der Waals surface area contributed by atoms with E-state index in [0.29, 0.717) is 31.7 Å². The molecule has 2 heterocycles. The summed E-state index contributed by atoms with van der Waals surface area (Å²) < 4.78 is 10.5. The van der Waals surface area contributed by atoms with Gasteiger partial charge in [-0.25, -0.2) is 4.79 Å². The number of nitrogens with one attached hydrogen (secondary N) is 1. The number of hydrogen-bond acceptors (Lipinski definition) is 4. The molecule has 0 unspecified atom stereocenters. The molecule has 0 aromatic heterocycles. The van der Waals surface area contributed by atoms with Gasteiger partial charge in [0, 0.05) is 32.8 Å². The number of rotatable bonds is 8. The van der Waals surface area contributed by atoms with Gasteiger partial charge >= 0.3 is 6.03 Å². The van der Waals surface area contributed by atoms with Gasteiger partial charge in [-0.15, -0.1) is 0 Å². The fourth-order valence-corrected chi connectivity index (χ4v) is 4.58. The molecule has 28 heavy (non-hydrogen) atoms. The van der Waals surface area contributed by atoms with Crippen LogP contribution in [0, 0.1) is 5.92 Å². The number of nitrogens with zero attached hydrogens (tertiary/aromatic N) is 2. The summed E-state index contributed by atoms with van der Waals surface area (Å²) in [5, 5.41) is 3.08. The van der Waals surface area contributed by atoms with Crippen LogP contribution in [0.4, 0.5) is 4.79 Å². The van der Waals surface area contributed by atoms with Gasteiger partial charge in [0.15, 0.2) is 0 Å². The molecule has 2 amide bonds. The Kier molecular flexibility index (Phi) is 7.98. The van der Waals surface area contributed by atoms with Gasteiger partial charge in [-0.2, -0.15) is 0 Å². The molecule has 2 saturated heterocycles. The molecule has 6 nitrogen and oxygen atoms in total. The lowest BCUT2D eigenvalue weighted by atomic mass is 9.83. The highest BCUT2D eigenvalue weighted by molar-refractivity contribution is 5.74. The molecular formula is C22H35N3O3. The molecule has 1 N–H and O–H groups in total. The largest absolute Gasteiger partial charge is 0.497 e. The van der Waals surface area contributed by atoms with Crippen molar-refractivity contribution in [1.29, 1.82) is 0 Å². The standard InChI is InChI=1S/C22H35N3O3/c1-27-15-14-25(17-19-6-5-13-24-12-4-3-7-21(19)24)22(26)23-16-18-8-10-20(28-2)11-9-18/h8-11,19,21H,3-7,12-17H2,1-2H3,(H,23,26)/t19-,21+/m0/s1. The van der Waals surface area contributed by atoms with Crippen LogP contribution >= 0.6 is 0 Å². The van der Waals surface area contributed by atoms with E-state index in [-0.39, 0.29) is 6.03 Å². The molecule has 3 rings (SSSR count). The molecule has 6 heteroatoms. The second-order valence-electron chi connectivity index (χ2n) is 7.95. The smallest absolute Gasteiger partial charge is 0.317 e. The Morgan fingerprint density at radius 3 is 2.68 bits per heavy atom. The minimum atomic E-state index is 0.000742. The minimum Gasteiger partial charge on any atom is -0.497 e. The number of hydrogen-bond donors (Lipinski definition) is 1. The Labute approximate surface area is 169 Å². The maximum Gasteiger partial charge on any atom is 0.317 e. The minimum absolute atomic E-state index is 0.000742. The van der Waals surface area contributed by atoms with Gasteiger partial charge in [0.1, 0.15) is 5.75 Å². The number of fused-ring (bicyclic) bond motifs is 1. The van der Waals surface area contributed by atoms with Gasteiger partial charge < -0.3 is 24.6 Å². The number of carbonyl (C=O) groups is 1. The summed E-state index contributed by atoms with van der Waals surface area (Å²) >= 11 is 0. The van der Waals surface area contributed by atoms with Crippen molar-refractivity contribution in [1.82, 2.24) is 15.1 Å². The normalized spacial score (nSPS) is 22.4. The lowest BCUT2D eigenvalue weighted by Crippen LogP contribution is -2.53. The van der Waals surface area contributed by atoms with E-state index >= 15 is 0 Å². The van der Waals surface area contributed by atoms with E-state index in [9.17, 15) is 4.79 Å². The highest BCUT2D eigenvalue weighted by atomic mass is 16.5. The van der Waals surface area contributed by atoms with Gasteiger partial charge in [-0.1, -0.05) is 18.6 Å². The number of amides is 2. The van der Waals surface area contributed by atoms with Crippen LogP contribution in [0.15, 0.2) is 24.3 Å². The van der Waals surface area contributed by atoms with Crippen LogP contribution in [-0.2, 0) is 11.3 Å². The molecule has 0 aliphatic carbocycles. The van der Waals surface area contributed by atoms with E-state index in [1.807, 2.05) is 29.2 Å². The Balaban J connectivity index is 1.57. The topological polar surface area (TPSA) is 54.0 Å². The quantitative estimate of drug-likeness (QED) is 0.742. The predicted molar refractivity (Wildman–Crippen MR) is 111 cm³/mol. The molecule has 0 saturated carbocycles. The summed E-state index contributed by atoms with van der Waals surface area (Å²) in [6, 6.07) is 8.45. The van der Waals surface area contributed by atoms with Crippen molar-refractivity contribution in [3.63, 3.8) is 0 Å². The van der Waals surface area contributed by atoms with Crippen molar-refractivity contribution in [2.24, 2.45) is 5.92 Å². The van der Waals surface area contributed by atoms with E-state index in [2.05, 4.69) is 10.2 Å². The highest BCUT2D eigenvalue weighted by Crippen LogP contribution is 2.31. The van der Waals surface area contributed by atoms with Crippen molar-refractivity contribution in [2.45, 2.75) is 44.7 Å². The maximum absolute atomic E-state index is 12.9. The fraction of sp³-hybridized carbons (Fsp3) is 0.682. The molecule has 2 aliphatic rings. The third kappa shape index (κ3) is 5.61. The Morgan fingerprint density at radius 2 is 1.93 bits per heavy atom. The summed E-state index contributed by atoms with van der Waals surface area (Å²) in [5.41, 5.74) is 1.07. The van der Waals surface area contributed by atoms with Gasteiger partial charge in [-0.3, -0.25) is 0 Å². The number of methoxy groups -OCH3 is 2. The van der Waals surface area contributed by atoms with Gasteiger partial charge in [0.25, 0.3) is 0 Å². The molecule has 2 aliphatic heterocycles. The van der Waals surface area contributed by atoms with E-state index in [1.165, 1.54) is 45.2 Å². The van der Waals surface area contributed by atoms with Crippen molar-refractivity contribution in [2.75, 3.05) is 47.0 Å². The molecule has 2 fully saturated rings. The van der Waals surface area contributed by atoms with Gasteiger partial charge in [-0.05, 0) is 62.4 Å². The Bertz CT molecular complexity index is 606. The Morgan fingerprint density at radius 1 is 1.14 bits per heavy atom. The van der Waals surface area contributed by atoms with Crippen LogP contribution in [-0.4, -0.2) is 68.9 Å². The van der Waals surface area contributed by atoms with E-state index in [0.717, 1.165) is 17.9 Å². The van der Waals surface area contributed by atoms with E-state index in [4.69, 9.17) is 9.47 Å². The van der Waals surface area contributed by atoms with E-state index < -0.39 is 0 Å². The van der Waals surface area contributed by atoms with Crippen LogP contribution in [0.5, 0.6) is 5.75 Å². The molecule has 1 aromatic rings. The highest BCUT2D eigenvalue weighted by Gasteiger charge is 2.34. The summed E-state index contributed by atoms with van der Waals surface area (Å²) in [6.45, 7) is 4.99. The fourth-order valence-electron chi connectivity index (χ4n) is 4.58. The first-order chi connectivity index (χ1) is 13.7. The van der Waals surface area contributed by atoms with Crippen LogP contribution < -0.4 is 10.1 Å². The first-order valence-electron chi connectivity index (χ1n) is 10.6. The number of ether oxygens (including phenoxy) is 2. The number of benzene rings is 1. The van der Waals surface area contributed by atoms with Crippen molar-refractivity contribution in [3.8, 4) is 5.75 Å². The molecule has 0 spiro atoms. The molecule has 156 valence electrons. The summed E-state index contributed by atoms with van der Waals surface area (Å²) in [5.74, 6) is 1.39. The summed E-state index contributed by atoms with van der Waals surface area (Å²) in [4.78, 5) is 17.5. The first-order valence-corrected chi connectivity index (χ1v) is 10.6. The second-order valence-corrected chi connectivity index (χ2v) is 7.95. The predicted octanol–water partition coefficient (Wildman–Crippen LogP) is 3.12. The number of piperidine rings is 2. The van der Waals surface area contributed by atoms with Crippen molar-refractivity contribution < 1.29 is 14.3 Å². The molecule has 0 bridgehead atoms. The van der Waals surface area contributed by atoms with E-state index in [1.54, 1.807) is 14.2 Å². The van der Waals surface area contributed by atoms with Gasteiger partial charge in [0.2, 0.25) is 0 Å². The monoisotopic (exact) mass is 389 g/mol. The average molecular weight is 390 g/mol. The zero-order valence-corrected chi connectivity index (χ0v) is 17.4. The SMILES string of the molecule is COCCN(C[C@@H]1CCCN2CCCC[C@H]12)C(=O)NCc1ccc(OC)cc1. The van der Waals surface area contributed by atoms with Crippen LogP contribution in [0.1, 0.15) is 37.7 Å². The van der Waals surface area contributed by atoms with Crippen LogP contribution in [0.2, 0.25) is 0 Å². The summed E-state index contributed by atoms with van der Waals surface area (Å²) in [6.07, 6.45) is 6.37. The van der Waals surface area contributed by atoms with Crippen LogP contribution in [0.25, 0.3) is 0 Å². The molecule has 2 atom stereocenters. The lowest BCUT2D eigenvalue weighted by Gasteiger charge is -2.45. The zero-order chi connectivity index (χ0) is 19.8. The molecule has 1 aromatic carbocycles. The Hall–Kier alpha value is -1.79. The lowest BCUT2D eigenvalue weighted by molar-refractivity contribution is 0.0421. The average Bonchev–Trinajstić information content (AvgIpc) is 2.75. The van der Waals surface area contributed by atoms with Crippen molar-refractivity contribution in [3.05, 3.63) is 29.8 Å². The van der Waals surface area contributed by atoms with Crippen molar-refractivity contribution >= 4 is 6.03 Å². The van der Waals surface area contributed by atoms with Crippen LogP contribution in [0.3, 0.4) is 0 Å².